The van der Waals surface area contributed by atoms with Crippen molar-refractivity contribution in [3.8, 4) is 5.75 Å². The summed E-state index contributed by atoms with van der Waals surface area (Å²) < 4.78 is 6.82. The van der Waals surface area contributed by atoms with Gasteiger partial charge in [-0.15, -0.1) is 0 Å². The van der Waals surface area contributed by atoms with E-state index in [0.717, 1.165) is 17.0 Å². The molecule has 1 aromatic heterocycles. The normalized spacial score (nSPS) is 10.8. The van der Waals surface area contributed by atoms with Gasteiger partial charge in [0.15, 0.2) is 0 Å². The van der Waals surface area contributed by atoms with Crippen LogP contribution in [0.15, 0.2) is 42.6 Å². The van der Waals surface area contributed by atoms with E-state index in [-0.39, 0.29) is 5.91 Å². The summed E-state index contributed by atoms with van der Waals surface area (Å²) in [5.74, 6) is 0.738. The molecule has 110 valence electrons. The van der Waals surface area contributed by atoms with Gasteiger partial charge in [-0.05, 0) is 29.8 Å². The molecule has 1 heterocycles. The number of ether oxygens (including phenoxy) is 1. The topological polar surface area (TPSA) is 47.4 Å². The third-order valence-electron chi connectivity index (χ3n) is 3.08. The van der Waals surface area contributed by atoms with Gasteiger partial charge in [-0.25, -0.2) is 0 Å². The number of rotatable bonds is 5. The molecule has 1 amide bonds. The minimum Gasteiger partial charge on any atom is -0.497 e. The predicted molar refractivity (Wildman–Crippen MR) is 81.7 cm³/mol. The number of amides is 1. The summed E-state index contributed by atoms with van der Waals surface area (Å²) in [4.78, 5) is 13.7. The molecule has 0 saturated carbocycles. The maximum Gasteiger partial charge on any atom is 0.246 e. The Bertz CT molecular complexity index is 629. The predicted octanol–water partition coefficient (Wildman–Crippen LogP) is 2.10. The van der Waals surface area contributed by atoms with Gasteiger partial charge in [0.25, 0.3) is 0 Å². The number of likely N-dealkylation sites (N-methyl/N-ethyl adjacent to an activating group) is 1. The Hall–Kier alpha value is -2.56. The first-order valence-electron chi connectivity index (χ1n) is 6.64. The Morgan fingerprint density at radius 1 is 1.33 bits per heavy atom. The summed E-state index contributed by atoms with van der Waals surface area (Å²) in [5.41, 5.74) is 1.82. The standard InChI is InChI=1S/C16H19N3O2/c1-18(12-14-10-11-19(2)17-14)16(20)9-6-13-4-7-15(21-3)8-5-13/h4-11H,12H2,1-3H3/b9-6+. The molecule has 2 rings (SSSR count). The SMILES string of the molecule is COc1ccc(/C=C/C(=O)N(C)Cc2ccn(C)n2)cc1. The second-order valence-electron chi connectivity index (χ2n) is 4.78. The lowest BCUT2D eigenvalue weighted by atomic mass is 10.2. The molecule has 0 N–H and O–H groups in total. The van der Waals surface area contributed by atoms with Gasteiger partial charge in [0.05, 0.1) is 19.3 Å². The number of hydrogen-bond donors (Lipinski definition) is 0. The minimum atomic E-state index is -0.0588. The fourth-order valence-electron chi connectivity index (χ4n) is 1.88. The molecule has 0 aliphatic rings. The first kappa shape index (κ1) is 14.8. The largest absolute Gasteiger partial charge is 0.497 e. The molecule has 0 atom stereocenters. The summed E-state index contributed by atoms with van der Waals surface area (Å²) in [7, 11) is 5.24. The summed E-state index contributed by atoms with van der Waals surface area (Å²) in [6.07, 6.45) is 5.21. The van der Waals surface area contributed by atoms with Crippen LogP contribution >= 0.6 is 0 Å². The zero-order valence-electron chi connectivity index (χ0n) is 12.5. The zero-order chi connectivity index (χ0) is 15.2. The molecule has 0 aliphatic heterocycles. The van der Waals surface area contributed by atoms with Gasteiger partial charge < -0.3 is 9.64 Å². The second-order valence-corrected chi connectivity index (χ2v) is 4.78. The Balaban J connectivity index is 1.94. The van der Waals surface area contributed by atoms with Crippen LogP contribution in [-0.2, 0) is 18.4 Å². The third kappa shape index (κ3) is 4.21. The van der Waals surface area contributed by atoms with E-state index in [1.165, 1.54) is 0 Å². The van der Waals surface area contributed by atoms with Gasteiger partial charge in [0, 0.05) is 26.4 Å². The van der Waals surface area contributed by atoms with E-state index in [1.807, 2.05) is 43.6 Å². The smallest absolute Gasteiger partial charge is 0.246 e. The monoisotopic (exact) mass is 285 g/mol. The lowest BCUT2D eigenvalue weighted by molar-refractivity contribution is -0.125. The molecule has 21 heavy (non-hydrogen) atoms. The van der Waals surface area contributed by atoms with E-state index in [0.29, 0.717) is 6.54 Å². The molecule has 0 aliphatic carbocycles. The number of nitrogens with zero attached hydrogens (tertiary/aromatic N) is 3. The van der Waals surface area contributed by atoms with Crippen molar-refractivity contribution in [3.05, 3.63) is 53.9 Å². The molecule has 5 nitrogen and oxygen atoms in total. The van der Waals surface area contributed by atoms with E-state index < -0.39 is 0 Å². The maximum atomic E-state index is 12.0. The van der Waals surface area contributed by atoms with Crippen LogP contribution in [0.1, 0.15) is 11.3 Å². The molecular weight excluding hydrogens is 266 g/mol. The third-order valence-corrected chi connectivity index (χ3v) is 3.08. The van der Waals surface area contributed by atoms with Crippen molar-refractivity contribution in [1.82, 2.24) is 14.7 Å². The number of aromatic nitrogens is 2. The van der Waals surface area contributed by atoms with Gasteiger partial charge in [0.2, 0.25) is 5.91 Å². The number of benzene rings is 1. The van der Waals surface area contributed by atoms with Crippen LogP contribution in [0.3, 0.4) is 0 Å². The lowest BCUT2D eigenvalue weighted by Gasteiger charge is -2.13. The van der Waals surface area contributed by atoms with Gasteiger partial charge in [-0.3, -0.25) is 9.48 Å². The number of carbonyl (C=O) groups is 1. The Labute approximate surface area is 124 Å². The first-order valence-corrected chi connectivity index (χ1v) is 6.64. The van der Waals surface area contributed by atoms with Crippen molar-refractivity contribution in [2.45, 2.75) is 6.54 Å². The van der Waals surface area contributed by atoms with Crippen molar-refractivity contribution in [3.63, 3.8) is 0 Å². The molecule has 0 saturated heterocycles. The lowest BCUT2D eigenvalue weighted by Crippen LogP contribution is -2.24. The average molecular weight is 285 g/mol. The van der Waals surface area contributed by atoms with Gasteiger partial charge in [-0.2, -0.15) is 5.10 Å². The summed E-state index contributed by atoms with van der Waals surface area (Å²) in [6.45, 7) is 0.493. The molecule has 0 radical (unpaired) electrons. The van der Waals surface area contributed by atoms with E-state index in [2.05, 4.69) is 5.10 Å². The number of methoxy groups -OCH3 is 1. The van der Waals surface area contributed by atoms with E-state index >= 15 is 0 Å². The van der Waals surface area contributed by atoms with Gasteiger partial charge >= 0.3 is 0 Å². The quantitative estimate of drug-likeness (QED) is 0.790. The van der Waals surface area contributed by atoms with Gasteiger partial charge in [0.1, 0.15) is 5.75 Å². The van der Waals surface area contributed by atoms with Crippen LogP contribution in [0.5, 0.6) is 5.75 Å². The Morgan fingerprint density at radius 2 is 2.05 bits per heavy atom. The molecule has 5 heteroatoms. The van der Waals surface area contributed by atoms with Gasteiger partial charge in [-0.1, -0.05) is 12.1 Å². The Kier molecular flexibility index (Phi) is 4.77. The molecule has 0 fully saturated rings. The molecule has 0 bridgehead atoms. The summed E-state index contributed by atoms with van der Waals surface area (Å²) in [5, 5.41) is 4.26. The highest BCUT2D eigenvalue weighted by Gasteiger charge is 2.07. The number of aryl methyl sites for hydroxylation is 1. The summed E-state index contributed by atoms with van der Waals surface area (Å²) >= 11 is 0. The van der Waals surface area contributed by atoms with Crippen molar-refractivity contribution in [2.75, 3.05) is 14.2 Å². The van der Waals surface area contributed by atoms with Crippen molar-refractivity contribution >= 4 is 12.0 Å². The van der Waals surface area contributed by atoms with Crippen LogP contribution in [0, 0.1) is 0 Å². The Morgan fingerprint density at radius 3 is 2.62 bits per heavy atom. The van der Waals surface area contributed by atoms with E-state index in [9.17, 15) is 4.79 Å². The number of hydrogen-bond acceptors (Lipinski definition) is 3. The summed E-state index contributed by atoms with van der Waals surface area (Å²) in [6, 6.07) is 9.43. The van der Waals surface area contributed by atoms with Crippen molar-refractivity contribution in [2.24, 2.45) is 7.05 Å². The average Bonchev–Trinajstić information content (AvgIpc) is 2.90. The zero-order valence-corrected chi connectivity index (χ0v) is 12.5. The maximum absolute atomic E-state index is 12.0. The van der Waals surface area contributed by atoms with Crippen LogP contribution in [0.2, 0.25) is 0 Å². The van der Waals surface area contributed by atoms with E-state index in [4.69, 9.17) is 4.74 Å². The second kappa shape index (κ2) is 6.74. The minimum absolute atomic E-state index is 0.0588. The fraction of sp³-hybridized carbons (Fsp3) is 0.250. The molecule has 2 aromatic rings. The number of carbonyl (C=O) groups excluding carboxylic acids is 1. The highest BCUT2D eigenvalue weighted by Crippen LogP contribution is 2.12. The highest BCUT2D eigenvalue weighted by atomic mass is 16.5. The molecule has 1 aromatic carbocycles. The fourth-order valence-corrected chi connectivity index (χ4v) is 1.88. The highest BCUT2D eigenvalue weighted by molar-refractivity contribution is 5.91. The van der Waals surface area contributed by atoms with Crippen LogP contribution in [0.4, 0.5) is 0 Å². The first-order chi connectivity index (χ1) is 10.1. The van der Waals surface area contributed by atoms with E-state index in [1.54, 1.807) is 35.9 Å². The molecular formula is C16H19N3O2. The van der Waals surface area contributed by atoms with Crippen LogP contribution in [0.25, 0.3) is 6.08 Å². The van der Waals surface area contributed by atoms with Crippen LogP contribution < -0.4 is 4.74 Å². The molecule has 0 spiro atoms. The van der Waals surface area contributed by atoms with Crippen molar-refractivity contribution < 1.29 is 9.53 Å². The molecule has 0 unspecified atom stereocenters. The van der Waals surface area contributed by atoms with Crippen molar-refractivity contribution in [1.29, 1.82) is 0 Å². The van der Waals surface area contributed by atoms with Crippen LogP contribution in [-0.4, -0.2) is 34.7 Å².